The maximum Gasteiger partial charge on any atom is 0.241 e. The maximum atomic E-state index is 2.76. The first-order valence-electron chi connectivity index (χ1n) is 8.45. The van der Waals surface area contributed by atoms with Gasteiger partial charge in [0.15, 0.2) is 5.57 Å². The van der Waals surface area contributed by atoms with Crippen LogP contribution in [-0.4, -0.2) is 12.3 Å². The average molecular weight is 438 g/mol. The number of rotatable bonds is 1. The van der Waals surface area contributed by atoms with Crippen molar-refractivity contribution in [2.45, 2.75) is 20.4 Å². The van der Waals surface area contributed by atoms with Crippen molar-refractivity contribution in [2.75, 3.05) is 0 Å². The van der Waals surface area contributed by atoms with E-state index in [1.165, 1.54) is 27.5 Å². The molecule has 0 N–H and O–H groups in total. The first-order chi connectivity index (χ1) is 11.5. The van der Waals surface area contributed by atoms with Gasteiger partial charge in [0, 0.05) is 0 Å². The molecule has 0 saturated carbocycles. The fourth-order valence-electron chi connectivity index (χ4n) is 4.26. The lowest BCUT2D eigenvalue weighted by Crippen LogP contribution is -2.75. The molecule has 0 spiro atoms. The molecule has 0 aromatic heterocycles. The number of hydrogen-bond acceptors (Lipinski definition) is 0. The van der Waals surface area contributed by atoms with E-state index in [1.807, 2.05) is 0 Å². The van der Waals surface area contributed by atoms with Crippen LogP contribution in [0.3, 0.4) is 0 Å². The molecule has 0 fully saturated rings. The lowest BCUT2D eigenvalue weighted by Gasteiger charge is -2.36. The summed E-state index contributed by atoms with van der Waals surface area (Å²) in [5.41, 5.74) is 5.62. The Morgan fingerprint density at radius 2 is 1.17 bits per heavy atom. The van der Waals surface area contributed by atoms with Gasteiger partial charge in [0.1, 0.15) is 0 Å². The van der Waals surface area contributed by atoms with Crippen LogP contribution in [0.4, 0.5) is 0 Å². The third-order valence-electron chi connectivity index (χ3n) is 5.39. The predicted octanol–water partition coefficient (Wildman–Crippen LogP) is 2.26. The van der Waals surface area contributed by atoms with Crippen LogP contribution in [0.15, 0.2) is 66.7 Å². The number of benzene rings is 3. The molecule has 118 valence electrons. The highest BCUT2D eigenvalue weighted by atomic mass is 127. The van der Waals surface area contributed by atoms with Crippen LogP contribution < -0.4 is 26.8 Å². The Balaban J connectivity index is 2.10. The molecule has 0 atom stereocenters. The van der Waals surface area contributed by atoms with Crippen molar-refractivity contribution < 1.29 is 0 Å². The van der Waals surface area contributed by atoms with Crippen LogP contribution in [0, 0.1) is 13.8 Å². The molecule has 1 aliphatic heterocycles. The molecular formula is C21H20BISi. The summed E-state index contributed by atoms with van der Waals surface area (Å²) in [5, 5.41) is 3.16. The molecule has 1 aliphatic rings. The normalized spacial score (nSPS) is 14.9. The minimum atomic E-state index is -1.67. The number of fused-ring (bicyclic) bond motifs is 2. The van der Waals surface area contributed by atoms with E-state index < -0.39 is 5.57 Å². The van der Waals surface area contributed by atoms with Gasteiger partial charge in [0.2, 0.25) is 6.71 Å². The van der Waals surface area contributed by atoms with E-state index in [0.29, 0.717) is 6.71 Å². The van der Waals surface area contributed by atoms with Crippen molar-refractivity contribution in [3.8, 4) is 0 Å². The van der Waals surface area contributed by atoms with Gasteiger partial charge in [-0.2, -0.15) is 0 Å². The largest absolute Gasteiger partial charge is 0.241 e. The Labute approximate surface area is 158 Å². The van der Waals surface area contributed by atoms with Crippen molar-refractivity contribution >= 4 is 60.8 Å². The lowest BCUT2D eigenvalue weighted by molar-refractivity contribution is 1.43. The van der Waals surface area contributed by atoms with E-state index in [9.17, 15) is 0 Å². The Bertz CT molecular complexity index is 863. The molecule has 0 amide bonds. The molecule has 4 rings (SSSR count). The summed E-state index contributed by atoms with van der Waals surface area (Å²) in [5.74, 6) is 0. The first-order valence-corrected chi connectivity index (χ1v) is 14.1. The summed E-state index contributed by atoms with van der Waals surface area (Å²) in [6.07, 6.45) is 0. The topological polar surface area (TPSA) is 0 Å². The van der Waals surface area contributed by atoms with Gasteiger partial charge in [0.25, 0.3) is 0 Å². The summed E-state index contributed by atoms with van der Waals surface area (Å²) in [4.78, 5) is 0. The minimum Gasteiger partial charge on any atom is -0.107 e. The summed E-state index contributed by atoms with van der Waals surface area (Å²) >= 11 is 2.76. The summed E-state index contributed by atoms with van der Waals surface area (Å²) in [6, 6.07) is 24.9. The molecule has 0 saturated heterocycles. The third-order valence-corrected chi connectivity index (χ3v) is 11.8. The van der Waals surface area contributed by atoms with Gasteiger partial charge in [-0.05, 0) is 24.2 Å². The minimum absolute atomic E-state index is 0.356. The molecule has 1 heterocycles. The Kier molecular flexibility index (Phi) is 3.96. The van der Waals surface area contributed by atoms with E-state index >= 15 is 0 Å². The zero-order chi connectivity index (χ0) is 16.9. The van der Waals surface area contributed by atoms with Gasteiger partial charge >= 0.3 is 0 Å². The zero-order valence-corrected chi connectivity index (χ0v) is 17.5. The number of aryl methyl sites for hydroxylation is 2. The van der Waals surface area contributed by atoms with Gasteiger partial charge in [0.05, 0.1) is 0 Å². The molecule has 0 bridgehead atoms. The highest BCUT2D eigenvalue weighted by molar-refractivity contribution is 14.1. The van der Waals surface area contributed by atoms with E-state index in [0.717, 1.165) is 0 Å². The molecule has 24 heavy (non-hydrogen) atoms. The molecule has 0 radical (unpaired) electrons. The highest BCUT2D eigenvalue weighted by Crippen LogP contribution is 2.16. The Morgan fingerprint density at radius 3 is 1.67 bits per heavy atom. The van der Waals surface area contributed by atoms with Crippen molar-refractivity contribution in [1.82, 2.24) is 0 Å². The van der Waals surface area contributed by atoms with E-state index in [4.69, 9.17) is 0 Å². The van der Waals surface area contributed by atoms with Gasteiger partial charge in [-0.15, -0.1) is 21.8 Å². The monoisotopic (exact) mass is 438 g/mol. The van der Waals surface area contributed by atoms with Crippen molar-refractivity contribution in [3.05, 3.63) is 77.9 Å². The third kappa shape index (κ3) is 2.32. The second-order valence-corrected chi connectivity index (χ2v) is 16.5. The predicted molar refractivity (Wildman–Crippen MR) is 118 cm³/mol. The molecule has 3 aromatic rings. The molecule has 0 unspecified atom stereocenters. The maximum absolute atomic E-state index is 2.76. The van der Waals surface area contributed by atoms with E-state index in [-0.39, 0.29) is 0 Å². The van der Waals surface area contributed by atoms with Crippen molar-refractivity contribution in [3.63, 3.8) is 0 Å². The fraction of sp³-hybridized carbons (Fsp3) is 0.143. The summed E-state index contributed by atoms with van der Waals surface area (Å²) in [7, 11) is 0. The number of halogens is 1. The molecule has 0 nitrogen and oxygen atoms in total. The summed E-state index contributed by atoms with van der Waals surface area (Å²) in [6.45, 7) is 7.34. The van der Waals surface area contributed by atoms with Gasteiger partial charge in [-0.3, -0.25) is 0 Å². The molecule has 3 heteroatoms. The van der Waals surface area contributed by atoms with Crippen LogP contribution in [0.25, 0.3) is 0 Å². The quantitative estimate of drug-likeness (QED) is 0.311. The Hall–Kier alpha value is -1.33. The van der Waals surface area contributed by atoms with Gasteiger partial charge in [-0.25, -0.2) is 0 Å². The second-order valence-electron chi connectivity index (χ2n) is 6.92. The molecule has 0 aliphatic carbocycles. The highest BCUT2D eigenvalue weighted by Gasteiger charge is 2.43. The SMILES string of the molecule is Cc1cccc(C)c1B1c2ccccc2[Si](C)(I)c2ccccc21. The molecular weight excluding hydrogens is 418 g/mol. The lowest BCUT2D eigenvalue weighted by atomic mass is 9.35. The second kappa shape index (κ2) is 5.88. The molecule has 3 aromatic carbocycles. The van der Waals surface area contributed by atoms with Crippen LogP contribution in [-0.2, 0) is 0 Å². The Morgan fingerprint density at radius 1 is 0.708 bits per heavy atom. The van der Waals surface area contributed by atoms with Gasteiger partial charge < -0.3 is 0 Å². The first kappa shape index (κ1) is 16.2. The smallest absolute Gasteiger partial charge is 0.107 e. The fourth-order valence-corrected chi connectivity index (χ4v) is 9.85. The van der Waals surface area contributed by atoms with E-state index in [1.54, 1.807) is 10.4 Å². The summed E-state index contributed by atoms with van der Waals surface area (Å²) < 4.78 is 0. The van der Waals surface area contributed by atoms with Crippen LogP contribution >= 0.6 is 21.8 Å². The number of hydrogen-bond donors (Lipinski definition) is 0. The van der Waals surface area contributed by atoms with Crippen molar-refractivity contribution in [1.29, 1.82) is 0 Å². The van der Waals surface area contributed by atoms with Crippen LogP contribution in [0.2, 0.25) is 6.55 Å². The van der Waals surface area contributed by atoms with Crippen LogP contribution in [0.5, 0.6) is 0 Å². The van der Waals surface area contributed by atoms with Crippen LogP contribution in [0.1, 0.15) is 11.1 Å². The zero-order valence-electron chi connectivity index (χ0n) is 14.3. The average Bonchev–Trinajstić information content (AvgIpc) is 2.58. The van der Waals surface area contributed by atoms with Crippen molar-refractivity contribution in [2.24, 2.45) is 0 Å². The van der Waals surface area contributed by atoms with Gasteiger partial charge in [-0.1, -0.05) is 101 Å². The van der Waals surface area contributed by atoms with E-state index in [2.05, 4.69) is 109 Å². The standard InChI is InChI=1S/C21H20BISi/c1-15-9-8-10-16(2)21(15)22-17-11-4-6-13-19(17)24(3,23)20-14-7-5-12-18(20)22/h4-14H,1-3H3.